The molecule has 0 radical (unpaired) electrons. The molecule has 0 N–H and O–H groups in total. The van der Waals surface area contributed by atoms with E-state index >= 15 is 0 Å². The minimum Gasteiger partial charge on any atom is -0.295 e. The molecule has 27 heavy (non-hydrogen) atoms. The molecule has 1 aliphatic carbocycles. The Kier molecular flexibility index (Phi) is 4.67. The van der Waals surface area contributed by atoms with Crippen molar-refractivity contribution in [1.29, 1.82) is 0 Å². The van der Waals surface area contributed by atoms with Gasteiger partial charge in [-0.05, 0) is 54.2 Å². The van der Waals surface area contributed by atoms with Gasteiger partial charge in [0.1, 0.15) is 0 Å². The third-order valence-corrected chi connectivity index (χ3v) is 5.48. The number of carbonyl (C=O) groups excluding carboxylic acids is 2. The zero-order chi connectivity index (χ0) is 19.0. The van der Waals surface area contributed by atoms with Gasteiger partial charge in [0.2, 0.25) is 0 Å². The average Bonchev–Trinajstić information content (AvgIpc) is 2.98. The number of rotatable bonds is 4. The lowest BCUT2D eigenvalue weighted by Gasteiger charge is -2.10. The van der Waals surface area contributed by atoms with Crippen LogP contribution in [0.3, 0.4) is 0 Å². The van der Waals surface area contributed by atoms with Crippen molar-refractivity contribution < 1.29 is 9.59 Å². The first-order valence-corrected chi connectivity index (χ1v) is 9.42. The normalized spacial score (nSPS) is 15.6. The third-order valence-electron chi connectivity index (χ3n) is 5.24. The van der Waals surface area contributed by atoms with Crippen molar-refractivity contribution in [2.45, 2.75) is 19.8 Å². The van der Waals surface area contributed by atoms with Gasteiger partial charge in [-0.3, -0.25) is 9.59 Å². The summed E-state index contributed by atoms with van der Waals surface area (Å²) in [4.78, 5) is 24.4. The molecule has 1 unspecified atom stereocenters. The number of hydrogen-bond donors (Lipinski definition) is 0. The molecule has 0 aromatic heterocycles. The number of hydrogen-bond acceptors (Lipinski definition) is 2. The maximum absolute atomic E-state index is 12.9. The molecule has 0 spiro atoms. The first-order valence-electron chi connectivity index (χ1n) is 9.05. The highest BCUT2D eigenvalue weighted by molar-refractivity contribution is 6.30. The fraction of sp³-hybridized carbons (Fsp3) is 0.167. The standard InChI is InChI=1S/C24H19ClO2/c1-15(26)17-10-8-16(9-11-17)12-19-14-23-21(6-3-7-22(23)24(19)27)18-4-2-5-20(25)13-18/h2-11,13,19H,12,14H2,1H3. The Morgan fingerprint density at radius 2 is 1.70 bits per heavy atom. The van der Waals surface area contributed by atoms with E-state index < -0.39 is 0 Å². The predicted molar refractivity (Wildman–Crippen MR) is 109 cm³/mol. The van der Waals surface area contributed by atoms with E-state index in [-0.39, 0.29) is 17.5 Å². The maximum atomic E-state index is 12.9. The van der Waals surface area contributed by atoms with E-state index in [1.165, 1.54) is 0 Å². The molecular formula is C24H19ClO2. The Bertz CT molecular complexity index is 1030. The summed E-state index contributed by atoms with van der Waals surface area (Å²) in [6, 6.07) is 21.2. The lowest BCUT2D eigenvalue weighted by atomic mass is 9.94. The number of halogens is 1. The lowest BCUT2D eigenvalue weighted by Crippen LogP contribution is -2.12. The Morgan fingerprint density at radius 3 is 2.41 bits per heavy atom. The highest BCUT2D eigenvalue weighted by Gasteiger charge is 2.32. The molecule has 1 aliphatic rings. The molecule has 0 heterocycles. The molecule has 0 aliphatic heterocycles. The summed E-state index contributed by atoms with van der Waals surface area (Å²) in [7, 11) is 0. The molecule has 0 amide bonds. The second-order valence-electron chi connectivity index (χ2n) is 7.06. The minimum atomic E-state index is -0.0662. The van der Waals surface area contributed by atoms with Gasteiger partial charge in [0.15, 0.2) is 11.6 Å². The molecule has 0 fully saturated rings. The van der Waals surface area contributed by atoms with E-state index in [1.54, 1.807) is 6.92 Å². The van der Waals surface area contributed by atoms with Crippen LogP contribution < -0.4 is 0 Å². The van der Waals surface area contributed by atoms with Crippen LogP contribution in [0.25, 0.3) is 11.1 Å². The van der Waals surface area contributed by atoms with Crippen molar-refractivity contribution in [2.24, 2.45) is 5.92 Å². The molecule has 3 aromatic carbocycles. The fourth-order valence-corrected chi connectivity index (χ4v) is 4.04. The monoisotopic (exact) mass is 374 g/mol. The van der Waals surface area contributed by atoms with Crippen molar-refractivity contribution in [3.8, 4) is 11.1 Å². The number of ketones is 2. The summed E-state index contributed by atoms with van der Waals surface area (Å²) in [6.07, 6.45) is 1.41. The zero-order valence-electron chi connectivity index (χ0n) is 15.0. The van der Waals surface area contributed by atoms with Crippen molar-refractivity contribution in [3.63, 3.8) is 0 Å². The van der Waals surface area contributed by atoms with Crippen LogP contribution in [0, 0.1) is 5.92 Å². The molecule has 2 nitrogen and oxygen atoms in total. The number of fused-ring (bicyclic) bond motifs is 1. The van der Waals surface area contributed by atoms with Crippen molar-refractivity contribution in [2.75, 3.05) is 0 Å². The topological polar surface area (TPSA) is 34.1 Å². The van der Waals surface area contributed by atoms with Crippen LogP contribution in [0.2, 0.25) is 5.02 Å². The van der Waals surface area contributed by atoms with Gasteiger partial charge in [-0.1, -0.05) is 66.2 Å². The summed E-state index contributed by atoms with van der Waals surface area (Å²) in [5.74, 6) is 0.185. The number of carbonyl (C=O) groups is 2. The van der Waals surface area contributed by atoms with Crippen molar-refractivity contribution in [3.05, 3.63) is 94.0 Å². The Hall–Kier alpha value is -2.71. The molecule has 0 saturated heterocycles. The van der Waals surface area contributed by atoms with Crippen LogP contribution in [-0.2, 0) is 12.8 Å². The predicted octanol–water partition coefficient (Wildman–Crippen LogP) is 5.81. The fourth-order valence-electron chi connectivity index (χ4n) is 3.85. The van der Waals surface area contributed by atoms with Crippen LogP contribution in [0.15, 0.2) is 66.7 Å². The highest BCUT2D eigenvalue weighted by Crippen LogP contribution is 2.36. The Morgan fingerprint density at radius 1 is 1.00 bits per heavy atom. The van der Waals surface area contributed by atoms with E-state index in [4.69, 9.17) is 11.6 Å². The van der Waals surface area contributed by atoms with Crippen molar-refractivity contribution in [1.82, 2.24) is 0 Å². The summed E-state index contributed by atoms with van der Waals surface area (Å²) >= 11 is 6.15. The molecule has 0 saturated carbocycles. The molecule has 134 valence electrons. The first kappa shape index (κ1) is 17.7. The molecule has 1 atom stereocenters. The summed E-state index contributed by atoms with van der Waals surface area (Å²) in [5, 5.41) is 0.691. The number of Topliss-reactive ketones (excluding diaryl/α,β-unsaturated/α-hetero) is 2. The van der Waals surface area contributed by atoms with Crippen LogP contribution in [-0.4, -0.2) is 11.6 Å². The van der Waals surface area contributed by atoms with E-state index in [9.17, 15) is 9.59 Å². The molecule has 3 aromatic rings. The zero-order valence-corrected chi connectivity index (χ0v) is 15.8. The van der Waals surface area contributed by atoms with Crippen LogP contribution in [0.4, 0.5) is 0 Å². The maximum Gasteiger partial charge on any atom is 0.166 e. The SMILES string of the molecule is CC(=O)c1ccc(CC2Cc3c(cccc3-c3cccc(Cl)c3)C2=O)cc1. The van der Waals surface area contributed by atoms with Crippen LogP contribution in [0.5, 0.6) is 0 Å². The largest absolute Gasteiger partial charge is 0.295 e. The van der Waals surface area contributed by atoms with Crippen molar-refractivity contribution >= 4 is 23.2 Å². The second-order valence-corrected chi connectivity index (χ2v) is 7.50. The third kappa shape index (κ3) is 3.45. The van der Waals surface area contributed by atoms with Gasteiger partial charge in [-0.15, -0.1) is 0 Å². The van der Waals surface area contributed by atoms with E-state index in [0.717, 1.165) is 34.2 Å². The summed E-state index contributed by atoms with van der Waals surface area (Å²) in [5.41, 5.74) is 5.82. The second kappa shape index (κ2) is 7.13. The summed E-state index contributed by atoms with van der Waals surface area (Å²) < 4.78 is 0. The van der Waals surface area contributed by atoms with E-state index in [0.29, 0.717) is 17.0 Å². The van der Waals surface area contributed by atoms with Gasteiger partial charge < -0.3 is 0 Å². The van der Waals surface area contributed by atoms with E-state index in [2.05, 4.69) is 6.07 Å². The van der Waals surface area contributed by atoms with Crippen LogP contribution >= 0.6 is 11.6 Å². The quantitative estimate of drug-likeness (QED) is 0.540. The Labute approximate surface area is 163 Å². The highest BCUT2D eigenvalue weighted by atomic mass is 35.5. The van der Waals surface area contributed by atoms with Gasteiger partial charge in [0.05, 0.1) is 0 Å². The average molecular weight is 375 g/mol. The smallest absolute Gasteiger partial charge is 0.166 e. The van der Waals surface area contributed by atoms with Gasteiger partial charge in [0.25, 0.3) is 0 Å². The molecule has 3 heteroatoms. The van der Waals surface area contributed by atoms with Crippen LogP contribution in [0.1, 0.15) is 38.8 Å². The Balaban J connectivity index is 1.62. The lowest BCUT2D eigenvalue weighted by molar-refractivity contribution is 0.0935. The first-order chi connectivity index (χ1) is 13.0. The van der Waals surface area contributed by atoms with Gasteiger partial charge >= 0.3 is 0 Å². The summed E-state index contributed by atoms with van der Waals surface area (Å²) in [6.45, 7) is 1.56. The molecule has 0 bridgehead atoms. The van der Waals surface area contributed by atoms with E-state index in [1.807, 2.05) is 60.7 Å². The minimum absolute atomic E-state index is 0.0528. The van der Waals surface area contributed by atoms with Gasteiger partial charge in [-0.25, -0.2) is 0 Å². The van der Waals surface area contributed by atoms with Gasteiger partial charge in [-0.2, -0.15) is 0 Å². The molecular weight excluding hydrogens is 356 g/mol. The van der Waals surface area contributed by atoms with Gasteiger partial charge in [0, 0.05) is 22.1 Å². The number of benzene rings is 3. The molecule has 4 rings (SSSR count).